The van der Waals surface area contributed by atoms with Gasteiger partial charge in [-0.05, 0) is 13.8 Å². The minimum absolute atomic E-state index is 0.0803. The van der Waals surface area contributed by atoms with Crippen molar-refractivity contribution in [2.45, 2.75) is 20.0 Å². The molecule has 3 nitrogen and oxygen atoms in total. The fourth-order valence-corrected chi connectivity index (χ4v) is 3.62. The van der Waals surface area contributed by atoms with Crippen LogP contribution >= 0.6 is 0 Å². The molecule has 0 saturated heterocycles. The lowest BCUT2D eigenvalue weighted by molar-refractivity contribution is 0.0838. The van der Waals surface area contributed by atoms with Crippen molar-refractivity contribution in [2.75, 3.05) is 14.2 Å². The van der Waals surface area contributed by atoms with Crippen molar-refractivity contribution in [1.29, 1.82) is 0 Å². The van der Waals surface area contributed by atoms with Gasteiger partial charge in [-0.3, -0.25) is 0 Å². The summed E-state index contributed by atoms with van der Waals surface area (Å²) in [6.07, 6.45) is 0.0803. The van der Waals surface area contributed by atoms with Crippen LogP contribution in [0.15, 0.2) is 30.3 Å². The van der Waals surface area contributed by atoms with Gasteiger partial charge in [0, 0.05) is 25.5 Å². The summed E-state index contributed by atoms with van der Waals surface area (Å²) in [5.74, 6) is 0. The Hall–Kier alpha value is -0.683. The lowest BCUT2D eigenvalue weighted by Gasteiger charge is -2.28. The lowest BCUT2D eigenvalue weighted by Crippen LogP contribution is -2.56. The van der Waals surface area contributed by atoms with E-state index in [2.05, 4.69) is 0 Å². The van der Waals surface area contributed by atoms with E-state index in [0.717, 1.165) is 5.19 Å². The molecule has 15 heavy (non-hydrogen) atoms. The third-order valence-corrected chi connectivity index (χ3v) is 4.95. The molecule has 0 unspecified atom stereocenters. The van der Waals surface area contributed by atoms with E-state index in [-0.39, 0.29) is 6.10 Å². The van der Waals surface area contributed by atoms with Crippen LogP contribution in [0.5, 0.6) is 0 Å². The molecule has 4 heteroatoms. The molecule has 0 radical (unpaired) electrons. The zero-order valence-corrected chi connectivity index (χ0v) is 10.7. The quantitative estimate of drug-likeness (QED) is 0.713. The van der Waals surface area contributed by atoms with Gasteiger partial charge < -0.3 is 13.3 Å². The molecule has 84 valence electrons. The van der Waals surface area contributed by atoms with Crippen LogP contribution < -0.4 is 5.19 Å². The first-order valence-electron chi connectivity index (χ1n) is 4.98. The Morgan fingerprint density at radius 1 is 1.00 bits per heavy atom. The highest BCUT2D eigenvalue weighted by molar-refractivity contribution is 6.75. The summed E-state index contributed by atoms with van der Waals surface area (Å²) in [5.41, 5.74) is 0. The van der Waals surface area contributed by atoms with Crippen molar-refractivity contribution in [3.8, 4) is 0 Å². The van der Waals surface area contributed by atoms with Gasteiger partial charge in [-0.25, -0.2) is 0 Å². The van der Waals surface area contributed by atoms with E-state index in [9.17, 15) is 0 Å². The van der Waals surface area contributed by atoms with Crippen molar-refractivity contribution in [3.63, 3.8) is 0 Å². The molecule has 0 spiro atoms. The Morgan fingerprint density at radius 3 is 1.93 bits per heavy atom. The maximum atomic E-state index is 5.82. The molecule has 0 bridgehead atoms. The van der Waals surface area contributed by atoms with Gasteiger partial charge in [0.2, 0.25) is 0 Å². The zero-order valence-electron chi connectivity index (χ0n) is 9.69. The van der Waals surface area contributed by atoms with E-state index in [1.807, 2.05) is 44.2 Å². The van der Waals surface area contributed by atoms with Gasteiger partial charge in [-0.2, -0.15) is 0 Å². The summed E-state index contributed by atoms with van der Waals surface area (Å²) >= 11 is 0. The molecule has 0 aliphatic rings. The average molecular weight is 226 g/mol. The summed E-state index contributed by atoms with van der Waals surface area (Å²) in [6.45, 7) is 3.95. The molecule has 0 aromatic heterocycles. The summed E-state index contributed by atoms with van der Waals surface area (Å²) in [7, 11) is 0.577. The minimum atomic E-state index is -2.68. The molecule has 0 aliphatic carbocycles. The highest BCUT2D eigenvalue weighted by Gasteiger charge is 2.42. The van der Waals surface area contributed by atoms with Crippen LogP contribution in [-0.4, -0.2) is 29.1 Å². The molecule has 1 rings (SSSR count). The van der Waals surface area contributed by atoms with Gasteiger partial charge in [-0.15, -0.1) is 0 Å². The smallest absolute Gasteiger partial charge is 0.373 e. The molecule has 1 aromatic carbocycles. The van der Waals surface area contributed by atoms with Crippen LogP contribution in [-0.2, 0) is 13.3 Å². The maximum absolute atomic E-state index is 5.82. The zero-order chi connectivity index (χ0) is 11.3. The number of hydrogen-bond donors (Lipinski definition) is 0. The van der Waals surface area contributed by atoms with Crippen molar-refractivity contribution in [3.05, 3.63) is 30.3 Å². The monoisotopic (exact) mass is 226 g/mol. The first kappa shape index (κ1) is 12.4. The van der Waals surface area contributed by atoms with E-state index in [0.29, 0.717) is 0 Å². The van der Waals surface area contributed by atoms with Gasteiger partial charge in [0.25, 0.3) is 0 Å². The third kappa shape index (κ3) is 2.88. The van der Waals surface area contributed by atoms with Crippen LogP contribution in [0, 0.1) is 0 Å². The molecule has 0 N–H and O–H groups in total. The summed E-state index contributed by atoms with van der Waals surface area (Å²) in [6, 6.07) is 9.82. The van der Waals surface area contributed by atoms with Gasteiger partial charge in [-0.1, -0.05) is 30.3 Å². The average Bonchev–Trinajstić information content (AvgIpc) is 2.27. The molecular weight excluding hydrogens is 208 g/mol. The number of hydrogen-bond acceptors (Lipinski definition) is 3. The molecular formula is C11H18O3Si. The van der Waals surface area contributed by atoms with E-state index in [4.69, 9.17) is 13.3 Å². The van der Waals surface area contributed by atoms with E-state index in [1.54, 1.807) is 14.2 Å². The maximum Gasteiger partial charge on any atom is 0.536 e. The van der Waals surface area contributed by atoms with Gasteiger partial charge in [0.15, 0.2) is 0 Å². The molecule has 0 aliphatic heterocycles. The van der Waals surface area contributed by atoms with Gasteiger partial charge >= 0.3 is 8.80 Å². The Bertz CT molecular complexity index is 283. The Morgan fingerprint density at radius 2 is 1.53 bits per heavy atom. The topological polar surface area (TPSA) is 27.7 Å². The largest absolute Gasteiger partial charge is 0.536 e. The first-order chi connectivity index (χ1) is 7.14. The molecule has 0 atom stereocenters. The van der Waals surface area contributed by atoms with E-state index in [1.165, 1.54) is 0 Å². The fourth-order valence-electron chi connectivity index (χ4n) is 1.44. The second-order valence-electron chi connectivity index (χ2n) is 3.50. The second-order valence-corrected chi connectivity index (χ2v) is 6.24. The molecule has 1 aromatic rings. The molecule has 0 fully saturated rings. The standard InChI is InChI=1S/C11H18O3Si/c1-10(2)14-15(12-3,13-4)11-8-6-5-7-9-11/h5-10H,1-4H3. The first-order valence-corrected chi connectivity index (χ1v) is 6.70. The Kier molecular flexibility index (Phi) is 4.47. The van der Waals surface area contributed by atoms with Crippen LogP contribution in [0.25, 0.3) is 0 Å². The predicted octanol–water partition coefficient (Wildman–Crippen LogP) is 1.55. The summed E-state index contributed by atoms with van der Waals surface area (Å²) < 4.78 is 16.8. The van der Waals surface area contributed by atoms with Crippen LogP contribution in [0.4, 0.5) is 0 Å². The summed E-state index contributed by atoms with van der Waals surface area (Å²) in [4.78, 5) is 0. The number of rotatable bonds is 5. The van der Waals surface area contributed by atoms with E-state index < -0.39 is 8.80 Å². The SMILES string of the molecule is CO[Si](OC)(OC(C)C)c1ccccc1. The van der Waals surface area contributed by atoms with Crippen LogP contribution in [0.1, 0.15) is 13.8 Å². The fraction of sp³-hybridized carbons (Fsp3) is 0.455. The van der Waals surface area contributed by atoms with Crippen LogP contribution in [0.2, 0.25) is 0 Å². The lowest BCUT2D eigenvalue weighted by atomic mass is 10.4. The Balaban J connectivity index is 3.00. The summed E-state index contributed by atoms with van der Waals surface area (Å²) in [5, 5.41) is 0.990. The second kappa shape index (κ2) is 5.41. The highest BCUT2D eigenvalue weighted by Crippen LogP contribution is 2.10. The van der Waals surface area contributed by atoms with Crippen LogP contribution in [0.3, 0.4) is 0 Å². The normalized spacial score (nSPS) is 12.1. The third-order valence-electron chi connectivity index (χ3n) is 2.06. The predicted molar refractivity (Wildman–Crippen MR) is 62.1 cm³/mol. The molecule has 0 saturated carbocycles. The van der Waals surface area contributed by atoms with Crippen molar-refractivity contribution in [1.82, 2.24) is 0 Å². The molecule has 0 heterocycles. The van der Waals surface area contributed by atoms with Gasteiger partial charge in [0.1, 0.15) is 0 Å². The number of benzene rings is 1. The van der Waals surface area contributed by atoms with Crippen molar-refractivity contribution >= 4 is 14.0 Å². The van der Waals surface area contributed by atoms with E-state index >= 15 is 0 Å². The highest BCUT2D eigenvalue weighted by atomic mass is 28.4. The van der Waals surface area contributed by atoms with Gasteiger partial charge in [0.05, 0.1) is 0 Å². The van der Waals surface area contributed by atoms with Crippen molar-refractivity contribution < 1.29 is 13.3 Å². The molecule has 0 amide bonds. The Labute approximate surface area is 92.3 Å². The van der Waals surface area contributed by atoms with Crippen molar-refractivity contribution in [2.24, 2.45) is 0 Å². The minimum Gasteiger partial charge on any atom is -0.373 e.